The lowest BCUT2D eigenvalue weighted by Crippen LogP contribution is -2.31. The van der Waals surface area contributed by atoms with Crippen LogP contribution in [0, 0.1) is 5.92 Å². The predicted octanol–water partition coefficient (Wildman–Crippen LogP) is 0.729. The van der Waals surface area contributed by atoms with E-state index in [0.29, 0.717) is 12.3 Å². The molecule has 21 heavy (non-hydrogen) atoms. The summed E-state index contributed by atoms with van der Waals surface area (Å²) in [5, 5.41) is 0. The molecule has 0 fully saturated rings. The van der Waals surface area contributed by atoms with Gasteiger partial charge in [0.25, 0.3) is 0 Å². The number of hydrogen-bond acceptors (Lipinski definition) is 3. The lowest BCUT2D eigenvalue weighted by atomic mass is 10.0. The van der Waals surface area contributed by atoms with Gasteiger partial charge in [-0.3, -0.25) is 0 Å². The number of para-hydroxylation sites is 1. The van der Waals surface area contributed by atoms with Crippen LogP contribution in [0.15, 0.2) is 52.1 Å². The Morgan fingerprint density at radius 3 is 2.10 bits per heavy atom. The van der Waals surface area contributed by atoms with Crippen LogP contribution in [-0.2, 0) is 4.74 Å². The maximum Gasteiger partial charge on any atom is 0.352 e. The smallest absolute Gasteiger partial charge is 0.352 e. The van der Waals surface area contributed by atoms with Crippen molar-refractivity contribution in [3.8, 4) is 5.69 Å². The normalized spacial score (nSPS) is 25.5. The first-order valence-corrected chi connectivity index (χ1v) is 6.93. The van der Waals surface area contributed by atoms with Crippen LogP contribution >= 0.6 is 0 Å². The fourth-order valence-corrected chi connectivity index (χ4v) is 3.44. The van der Waals surface area contributed by atoms with Crippen molar-refractivity contribution in [1.29, 1.82) is 0 Å². The molecule has 1 aromatic carbocycles. The number of allylic oxidation sites excluding steroid dienone is 2. The minimum atomic E-state index is -0.288. The average Bonchev–Trinajstić information content (AvgIpc) is 3.11. The number of methoxy groups -OCH3 is 1. The second-order valence-electron chi connectivity index (χ2n) is 5.41. The monoisotopic (exact) mass is 285 g/mol. The Balaban J connectivity index is 1.91. The summed E-state index contributed by atoms with van der Waals surface area (Å²) in [7, 11) is 1.64. The number of ether oxygens (including phenoxy) is 1. The Bertz CT molecular complexity index is 783. The third-order valence-electron chi connectivity index (χ3n) is 4.33. The van der Waals surface area contributed by atoms with Gasteiger partial charge in [-0.2, -0.15) is 0 Å². The van der Waals surface area contributed by atoms with Crippen molar-refractivity contribution in [3.63, 3.8) is 0 Å². The number of fused-ring (bicyclic) bond motifs is 5. The van der Waals surface area contributed by atoms with Crippen molar-refractivity contribution >= 4 is 0 Å². The Labute approximate surface area is 120 Å². The number of hydrogen-bond donors (Lipinski definition) is 0. The summed E-state index contributed by atoms with van der Waals surface area (Å²) in [6.45, 7) is 0.529. The first-order chi connectivity index (χ1) is 10.2. The zero-order chi connectivity index (χ0) is 14.6. The van der Waals surface area contributed by atoms with Gasteiger partial charge < -0.3 is 4.74 Å². The molecule has 4 rings (SSSR count). The molecular weight excluding hydrogens is 270 g/mol. The maximum atomic E-state index is 12.7. The van der Waals surface area contributed by atoms with Gasteiger partial charge in [0.05, 0.1) is 24.4 Å². The number of rotatable bonds is 3. The summed E-state index contributed by atoms with van der Waals surface area (Å²) >= 11 is 0. The fraction of sp³-hybridized carbons (Fsp3) is 0.333. The summed E-state index contributed by atoms with van der Waals surface area (Å²) < 4.78 is 9.57. The van der Waals surface area contributed by atoms with E-state index in [-0.39, 0.29) is 29.4 Å². The highest BCUT2D eigenvalue weighted by Crippen LogP contribution is 2.42. The van der Waals surface area contributed by atoms with Gasteiger partial charge in [0.15, 0.2) is 0 Å². The number of nitrogens with zero attached hydrogens (tertiary/aromatic N) is 3. The van der Waals surface area contributed by atoms with E-state index >= 15 is 0 Å². The largest absolute Gasteiger partial charge is 0.384 e. The lowest BCUT2D eigenvalue weighted by molar-refractivity contribution is 0.139. The summed E-state index contributed by atoms with van der Waals surface area (Å²) in [6.07, 6.45) is 3.98. The van der Waals surface area contributed by atoms with E-state index in [0.717, 1.165) is 0 Å². The molecule has 6 heteroatoms. The minimum absolute atomic E-state index is 0.0971. The summed E-state index contributed by atoms with van der Waals surface area (Å²) in [5.41, 5.74) is 0.0258. The van der Waals surface area contributed by atoms with Gasteiger partial charge in [0.1, 0.15) is 0 Å². The summed E-state index contributed by atoms with van der Waals surface area (Å²) in [5.74, 6) is 0.126. The molecule has 2 bridgehead atoms. The highest BCUT2D eigenvalue weighted by molar-refractivity contribution is 5.31. The van der Waals surface area contributed by atoms with Crippen molar-refractivity contribution in [2.24, 2.45) is 5.92 Å². The zero-order valence-electron chi connectivity index (χ0n) is 11.5. The highest BCUT2D eigenvalue weighted by atomic mass is 16.5. The van der Waals surface area contributed by atoms with Crippen molar-refractivity contribution in [3.05, 3.63) is 63.5 Å². The van der Waals surface area contributed by atoms with Crippen LogP contribution in [0.1, 0.15) is 12.1 Å². The molecule has 0 radical (unpaired) electrons. The van der Waals surface area contributed by atoms with E-state index in [2.05, 4.69) is 0 Å². The van der Waals surface area contributed by atoms with Gasteiger partial charge in [-0.05, 0) is 12.1 Å². The van der Waals surface area contributed by atoms with E-state index < -0.39 is 0 Å². The average molecular weight is 285 g/mol. The number of benzene rings is 1. The van der Waals surface area contributed by atoms with Gasteiger partial charge in [-0.25, -0.2) is 23.5 Å². The molecule has 0 N–H and O–H groups in total. The molecule has 1 unspecified atom stereocenters. The van der Waals surface area contributed by atoms with Crippen molar-refractivity contribution in [2.75, 3.05) is 13.7 Å². The van der Waals surface area contributed by atoms with Gasteiger partial charge in [-0.15, -0.1) is 0 Å². The van der Waals surface area contributed by atoms with Crippen molar-refractivity contribution in [1.82, 2.24) is 13.9 Å². The molecule has 0 spiro atoms. The highest BCUT2D eigenvalue weighted by Gasteiger charge is 2.45. The van der Waals surface area contributed by atoms with Crippen LogP contribution in [0.5, 0.6) is 0 Å². The third-order valence-corrected chi connectivity index (χ3v) is 4.33. The minimum Gasteiger partial charge on any atom is -0.384 e. The topological polar surface area (TPSA) is 58.2 Å². The van der Waals surface area contributed by atoms with E-state index in [1.54, 1.807) is 28.6 Å². The molecule has 3 atom stereocenters. The van der Waals surface area contributed by atoms with Gasteiger partial charge in [0, 0.05) is 13.0 Å². The third kappa shape index (κ3) is 1.50. The molecular formula is C15H15N3O3. The molecule has 108 valence electrons. The quantitative estimate of drug-likeness (QED) is 0.781. The van der Waals surface area contributed by atoms with Crippen LogP contribution in [-0.4, -0.2) is 27.6 Å². The molecule has 0 saturated heterocycles. The fourth-order valence-electron chi connectivity index (χ4n) is 3.44. The van der Waals surface area contributed by atoms with E-state index in [9.17, 15) is 9.59 Å². The van der Waals surface area contributed by atoms with Gasteiger partial charge in [0.2, 0.25) is 0 Å². The standard InChI is InChI=1S/C15H15N3O3/c1-21-9-11-12-7-8-13(11)18-15(20)16(14(19)17(12)18)10-5-3-2-4-6-10/h2-8,11-13H,9H2,1H3/t11?,12-,13+. The molecule has 2 aliphatic rings. The van der Waals surface area contributed by atoms with Crippen molar-refractivity contribution in [2.45, 2.75) is 12.1 Å². The molecule has 2 aromatic rings. The number of aromatic nitrogens is 3. The Morgan fingerprint density at radius 2 is 1.57 bits per heavy atom. The lowest BCUT2D eigenvalue weighted by Gasteiger charge is -2.13. The first-order valence-electron chi connectivity index (χ1n) is 6.93. The van der Waals surface area contributed by atoms with Gasteiger partial charge in [-0.1, -0.05) is 30.4 Å². The molecule has 0 saturated carbocycles. The van der Waals surface area contributed by atoms with Crippen molar-refractivity contribution < 1.29 is 4.74 Å². The van der Waals surface area contributed by atoms with Gasteiger partial charge >= 0.3 is 11.4 Å². The van der Waals surface area contributed by atoms with E-state index in [4.69, 9.17) is 4.74 Å². The molecule has 0 amide bonds. The Hall–Kier alpha value is -2.34. The Kier molecular flexibility index (Phi) is 2.56. The SMILES string of the molecule is COCC1[C@H]2C=C[C@@H]1n1c(=O)n(-c3ccccc3)c(=O)n12. The molecule has 1 aliphatic carbocycles. The molecule has 1 aliphatic heterocycles. The van der Waals surface area contributed by atoms with Crippen LogP contribution < -0.4 is 11.4 Å². The van der Waals surface area contributed by atoms with Crippen LogP contribution in [0.3, 0.4) is 0 Å². The Morgan fingerprint density at radius 1 is 1.00 bits per heavy atom. The summed E-state index contributed by atoms with van der Waals surface area (Å²) in [6, 6.07) is 8.82. The van der Waals surface area contributed by atoms with E-state index in [1.807, 2.05) is 30.4 Å². The molecule has 1 aromatic heterocycles. The summed E-state index contributed by atoms with van der Waals surface area (Å²) in [4.78, 5) is 25.3. The van der Waals surface area contributed by atoms with E-state index in [1.165, 1.54) is 4.57 Å². The van der Waals surface area contributed by atoms with Crippen LogP contribution in [0.2, 0.25) is 0 Å². The first kappa shape index (κ1) is 12.4. The molecule has 6 nitrogen and oxygen atoms in total. The molecule has 2 heterocycles. The zero-order valence-corrected chi connectivity index (χ0v) is 11.5. The maximum absolute atomic E-state index is 12.7. The van der Waals surface area contributed by atoms with Crippen LogP contribution in [0.25, 0.3) is 5.69 Å². The second-order valence-corrected chi connectivity index (χ2v) is 5.41. The second kappa shape index (κ2) is 4.33. The van der Waals surface area contributed by atoms with Crippen LogP contribution in [0.4, 0.5) is 0 Å². The predicted molar refractivity (Wildman–Crippen MR) is 76.9 cm³/mol.